The van der Waals surface area contributed by atoms with Gasteiger partial charge in [-0.05, 0) is 43.0 Å². The maximum absolute atomic E-state index is 3.52. The third-order valence-electron chi connectivity index (χ3n) is 2.64. The van der Waals surface area contributed by atoms with Crippen molar-refractivity contribution in [3.8, 4) is 0 Å². The first kappa shape index (κ1) is 9.07. The van der Waals surface area contributed by atoms with Crippen molar-refractivity contribution < 1.29 is 0 Å². The maximum atomic E-state index is 3.52. The molecule has 0 N–H and O–H groups in total. The second-order valence-electron chi connectivity index (χ2n) is 3.65. The third kappa shape index (κ3) is 1.88. The van der Waals surface area contributed by atoms with Gasteiger partial charge in [0.15, 0.2) is 0 Å². The van der Waals surface area contributed by atoms with E-state index in [0.29, 0.717) is 0 Å². The van der Waals surface area contributed by atoms with Gasteiger partial charge in [-0.25, -0.2) is 0 Å². The summed E-state index contributed by atoms with van der Waals surface area (Å²) in [6.45, 7) is 1.19. The van der Waals surface area contributed by atoms with Gasteiger partial charge < -0.3 is 4.90 Å². The van der Waals surface area contributed by atoms with E-state index in [2.05, 4.69) is 46.1 Å². The summed E-state index contributed by atoms with van der Waals surface area (Å²) in [7, 11) is 2.18. The first-order valence-electron chi connectivity index (χ1n) is 4.77. The minimum Gasteiger partial charge on any atom is -0.374 e. The summed E-state index contributed by atoms with van der Waals surface area (Å²) >= 11 is 3.52. The number of nitrogens with zero attached hydrogens (tertiary/aromatic N) is 1. The molecule has 1 aliphatic rings. The highest BCUT2D eigenvalue weighted by Gasteiger charge is 2.11. The summed E-state index contributed by atoms with van der Waals surface area (Å²) in [6, 6.07) is 6.59. The standard InChI is InChI=1S/C11H14BrN/c1-13-7-3-2-4-9-8-10(12)5-6-11(9)13/h5-6,8H,2-4,7H2,1H3. The molecule has 70 valence electrons. The van der Waals surface area contributed by atoms with Crippen molar-refractivity contribution >= 4 is 21.6 Å². The summed E-state index contributed by atoms with van der Waals surface area (Å²) in [6.07, 6.45) is 3.84. The predicted molar refractivity (Wildman–Crippen MR) is 60.4 cm³/mol. The molecule has 1 aromatic carbocycles. The molecule has 0 radical (unpaired) electrons. The number of rotatable bonds is 0. The molecule has 2 rings (SSSR count). The van der Waals surface area contributed by atoms with Crippen molar-refractivity contribution in [1.82, 2.24) is 0 Å². The van der Waals surface area contributed by atoms with Gasteiger partial charge in [0, 0.05) is 23.8 Å². The predicted octanol–water partition coefficient (Wildman–Crippen LogP) is 3.22. The molecular weight excluding hydrogens is 226 g/mol. The van der Waals surface area contributed by atoms with E-state index in [4.69, 9.17) is 0 Å². The van der Waals surface area contributed by atoms with Crippen LogP contribution in [0, 0.1) is 0 Å². The average molecular weight is 240 g/mol. The Labute approximate surface area is 87.9 Å². The Bertz CT molecular complexity index is 309. The number of aryl methyl sites for hydroxylation is 1. The summed E-state index contributed by atoms with van der Waals surface area (Å²) in [5, 5.41) is 0. The van der Waals surface area contributed by atoms with Gasteiger partial charge in [0.05, 0.1) is 0 Å². The van der Waals surface area contributed by atoms with Gasteiger partial charge in [0.2, 0.25) is 0 Å². The van der Waals surface area contributed by atoms with E-state index >= 15 is 0 Å². The van der Waals surface area contributed by atoms with Gasteiger partial charge >= 0.3 is 0 Å². The summed E-state index contributed by atoms with van der Waals surface area (Å²) in [5.41, 5.74) is 2.88. The maximum Gasteiger partial charge on any atom is 0.0396 e. The van der Waals surface area contributed by atoms with E-state index < -0.39 is 0 Å². The lowest BCUT2D eigenvalue weighted by atomic mass is 10.1. The van der Waals surface area contributed by atoms with Crippen LogP contribution in [-0.2, 0) is 6.42 Å². The number of halogens is 1. The second kappa shape index (κ2) is 3.70. The highest BCUT2D eigenvalue weighted by molar-refractivity contribution is 9.10. The molecule has 0 spiro atoms. The normalized spacial score (nSPS) is 16.6. The SMILES string of the molecule is CN1CCCCc2cc(Br)ccc21. The van der Waals surface area contributed by atoms with Crippen molar-refractivity contribution in [2.45, 2.75) is 19.3 Å². The lowest BCUT2D eigenvalue weighted by Crippen LogP contribution is -2.17. The molecule has 1 nitrogen and oxygen atoms in total. The largest absolute Gasteiger partial charge is 0.374 e. The number of fused-ring (bicyclic) bond motifs is 1. The van der Waals surface area contributed by atoms with Crippen LogP contribution in [0.15, 0.2) is 22.7 Å². The van der Waals surface area contributed by atoms with Crippen LogP contribution in [0.3, 0.4) is 0 Å². The van der Waals surface area contributed by atoms with Gasteiger partial charge in [-0.15, -0.1) is 0 Å². The lowest BCUT2D eigenvalue weighted by molar-refractivity contribution is 0.750. The molecular formula is C11H14BrN. The van der Waals surface area contributed by atoms with Crippen molar-refractivity contribution in [1.29, 1.82) is 0 Å². The monoisotopic (exact) mass is 239 g/mol. The van der Waals surface area contributed by atoms with Crippen LogP contribution >= 0.6 is 15.9 Å². The summed E-state index contributed by atoms with van der Waals surface area (Å²) in [4.78, 5) is 2.36. The highest BCUT2D eigenvalue weighted by atomic mass is 79.9. The molecule has 1 heterocycles. The number of hydrogen-bond acceptors (Lipinski definition) is 1. The van der Waals surface area contributed by atoms with Crippen LogP contribution in [0.2, 0.25) is 0 Å². The van der Waals surface area contributed by atoms with E-state index in [1.54, 1.807) is 0 Å². The molecule has 13 heavy (non-hydrogen) atoms. The highest BCUT2D eigenvalue weighted by Crippen LogP contribution is 2.27. The zero-order valence-electron chi connectivity index (χ0n) is 7.89. The van der Waals surface area contributed by atoms with Crippen LogP contribution in [0.5, 0.6) is 0 Å². The molecule has 0 atom stereocenters. The fourth-order valence-corrected chi connectivity index (χ4v) is 2.32. The first-order chi connectivity index (χ1) is 6.27. The van der Waals surface area contributed by atoms with E-state index in [-0.39, 0.29) is 0 Å². The third-order valence-corrected chi connectivity index (χ3v) is 3.14. The molecule has 0 amide bonds. The van der Waals surface area contributed by atoms with E-state index in [0.717, 1.165) is 0 Å². The minimum absolute atomic E-state index is 1.19. The first-order valence-corrected chi connectivity index (χ1v) is 5.56. The fraction of sp³-hybridized carbons (Fsp3) is 0.455. The molecule has 0 unspecified atom stereocenters. The Hall–Kier alpha value is -0.500. The Morgan fingerprint density at radius 3 is 3.00 bits per heavy atom. The van der Waals surface area contributed by atoms with Crippen molar-refractivity contribution in [2.75, 3.05) is 18.5 Å². The quantitative estimate of drug-likeness (QED) is 0.673. The molecule has 0 aliphatic carbocycles. The zero-order valence-corrected chi connectivity index (χ0v) is 9.47. The van der Waals surface area contributed by atoms with E-state index in [1.165, 1.54) is 41.5 Å². The van der Waals surface area contributed by atoms with Gasteiger partial charge in [0.1, 0.15) is 0 Å². The van der Waals surface area contributed by atoms with Gasteiger partial charge in [-0.3, -0.25) is 0 Å². The van der Waals surface area contributed by atoms with Crippen LogP contribution in [-0.4, -0.2) is 13.6 Å². The second-order valence-corrected chi connectivity index (χ2v) is 4.57. The number of benzene rings is 1. The van der Waals surface area contributed by atoms with Crippen molar-refractivity contribution in [3.05, 3.63) is 28.2 Å². The van der Waals surface area contributed by atoms with Gasteiger partial charge in [-0.2, -0.15) is 0 Å². The zero-order chi connectivity index (χ0) is 9.26. The van der Waals surface area contributed by atoms with Crippen LogP contribution < -0.4 is 4.90 Å². The van der Waals surface area contributed by atoms with E-state index in [1.807, 2.05) is 0 Å². The molecule has 1 aromatic rings. The lowest BCUT2D eigenvalue weighted by Gasteiger charge is -2.19. The topological polar surface area (TPSA) is 3.24 Å². The van der Waals surface area contributed by atoms with Crippen molar-refractivity contribution in [3.63, 3.8) is 0 Å². The van der Waals surface area contributed by atoms with Crippen LogP contribution in [0.1, 0.15) is 18.4 Å². The summed E-state index contributed by atoms with van der Waals surface area (Å²) in [5.74, 6) is 0. The molecule has 0 bridgehead atoms. The smallest absolute Gasteiger partial charge is 0.0396 e. The van der Waals surface area contributed by atoms with Gasteiger partial charge in [0.25, 0.3) is 0 Å². The van der Waals surface area contributed by atoms with Crippen LogP contribution in [0.25, 0.3) is 0 Å². The summed E-state index contributed by atoms with van der Waals surface area (Å²) < 4.78 is 1.20. The van der Waals surface area contributed by atoms with Gasteiger partial charge in [-0.1, -0.05) is 15.9 Å². The molecule has 2 heteroatoms. The Balaban J connectivity index is 2.42. The molecule has 0 aromatic heterocycles. The molecule has 0 fully saturated rings. The molecule has 0 saturated carbocycles. The fourth-order valence-electron chi connectivity index (χ4n) is 1.91. The molecule has 1 aliphatic heterocycles. The Morgan fingerprint density at radius 2 is 2.15 bits per heavy atom. The van der Waals surface area contributed by atoms with E-state index in [9.17, 15) is 0 Å². The average Bonchev–Trinajstić information content (AvgIpc) is 2.28. The van der Waals surface area contributed by atoms with Crippen LogP contribution in [0.4, 0.5) is 5.69 Å². The number of anilines is 1. The Morgan fingerprint density at radius 1 is 1.31 bits per heavy atom. The number of hydrogen-bond donors (Lipinski definition) is 0. The molecule has 0 saturated heterocycles. The minimum atomic E-state index is 1.19. The van der Waals surface area contributed by atoms with Crippen molar-refractivity contribution in [2.24, 2.45) is 0 Å². The Kier molecular flexibility index (Phi) is 2.58.